The Morgan fingerprint density at radius 3 is 2.65 bits per heavy atom. The number of esters is 1. The third kappa shape index (κ3) is 2.06. The second-order valence-electron chi connectivity index (χ2n) is 4.52. The third-order valence-corrected chi connectivity index (χ3v) is 3.50. The molecule has 0 N–H and O–H groups in total. The summed E-state index contributed by atoms with van der Waals surface area (Å²) in [5.41, 5.74) is 3.56. The summed E-state index contributed by atoms with van der Waals surface area (Å²) in [7, 11) is 1.39. The molecule has 1 fully saturated rings. The summed E-state index contributed by atoms with van der Waals surface area (Å²) in [5, 5.41) is 0. The average Bonchev–Trinajstić information content (AvgIpc) is 2.26. The number of carbonyl (C=O) groups is 1. The molecule has 0 bridgehead atoms. The maximum Gasteiger partial charge on any atom is 0.338 e. The van der Waals surface area contributed by atoms with Crippen LogP contribution < -0.4 is 0 Å². The summed E-state index contributed by atoms with van der Waals surface area (Å²) in [6.45, 7) is 1.93. The van der Waals surface area contributed by atoms with Crippen molar-refractivity contribution < 1.29 is 9.53 Å². The molecule has 0 heterocycles. The predicted molar refractivity (Wildman–Crippen MR) is 67.0 cm³/mol. The second kappa shape index (κ2) is 4.63. The van der Waals surface area contributed by atoms with Crippen molar-refractivity contribution in [1.82, 2.24) is 0 Å². The highest BCUT2D eigenvalue weighted by molar-refractivity contribution is 5.91. The van der Waals surface area contributed by atoms with Gasteiger partial charge in [-0.3, -0.25) is 0 Å². The van der Waals surface area contributed by atoms with Crippen molar-refractivity contribution in [2.24, 2.45) is 0 Å². The number of methoxy groups -OCH3 is 1. The van der Waals surface area contributed by atoms with E-state index < -0.39 is 0 Å². The number of rotatable bonds is 2. The van der Waals surface area contributed by atoms with Gasteiger partial charge in [-0.05, 0) is 42.9 Å². The Bertz CT molecular complexity index is 490. The quantitative estimate of drug-likeness (QED) is 0.574. The number of aryl methyl sites for hydroxylation is 1. The van der Waals surface area contributed by atoms with Crippen LogP contribution in [0.3, 0.4) is 0 Å². The lowest BCUT2D eigenvalue weighted by molar-refractivity contribution is 0.0600. The Morgan fingerprint density at radius 2 is 2.18 bits per heavy atom. The number of hydrogen-bond donors (Lipinski definition) is 0. The van der Waals surface area contributed by atoms with Gasteiger partial charge in [0.2, 0.25) is 0 Å². The van der Waals surface area contributed by atoms with E-state index in [9.17, 15) is 4.79 Å². The molecule has 1 aliphatic rings. The molecule has 0 atom stereocenters. The molecular formula is C15H16O2. The fourth-order valence-corrected chi connectivity index (χ4v) is 2.24. The lowest BCUT2D eigenvalue weighted by atomic mass is 9.77. The Balaban J connectivity index is 2.47. The van der Waals surface area contributed by atoms with Gasteiger partial charge in [-0.15, -0.1) is 6.42 Å². The summed E-state index contributed by atoms with van der Waals surface area (Å²) in [4.78, 5) is 11.6. The lowest BCUT2D eigenvalue weighted by Gasteiger charge is -2.27. The first-order chi connectivity index (χ1) is 8.17. The molecule has 0 spiro atoms. The zero-order chi connectivity index (χ0) is 12.4. The van der Waals surface area contributed by atoms with Gasteiger partial charge in [0.15, 0.2) is 0 Å². The van der Waals surface area contributed by atoms with Crippen molar-refractivity contribution in [3.63, 3.8) is 0 Å². The summed E-state index contributed by atoms with van der Waals surface area (Å²) in [5.74, 6) is 2.94. The van der Waals surface area contributed by atoms with Crippen LogP contribution in [0.15, 0.2) is 12.1 Å². The molecule has 1 aromatic carbocycles. The number of carbonyl (C=O) groups excluding carboxylic acids is 1. The summed E-state index contributed by atoms with van der Waals surface area (Å²) >= 11 is 0. The first-order valence-corrected chi connectivity index (χ1v) is 5.87. The minimum absolute atomic E-state index is 0.320. The molecule has 17 heavy (non-hydrogen) atoms. The zero-order valence-corrected chi connectivity index (χ0v) is 10.2. The fraction of sp³-hybridized carbons (Fsp3) is 0.400. The van der Waals surface area contributed by atoms with Crippen molar-refractivity contribution in [2.45, 2.75) is 32.1 Å². The number of terminal acetylenes is 1. The Hall–Kier alpha value is -1.75. The van der Waals surface area contributed by atoms with Gasteiger partial charge in [-0.25, -0.2) is 4.79 Å². The number of hydrogen-bond acceptors (Lipinski definition) is 2. The molecule has 2 rings (SSSR count). The number of benzene rings is 1. The smallest absolute Gasteiger partial charge is 0.338 e. The van der Waals surface area contributed by atoms with Gasteiger partial charge in [0.1, 0.15) is 0 Å². The minimum atomic E-state index is -0.320. The average molecular weight is 228 g/mol. The van der Waals surface area contributed by atoms with Gasteiger partial charge in [-0.1, -0.05) is 18.4 Å². The van der Waals surface area contributed by atoms with Crippen LogP contribution >= 0.6 is 0 Å². The van der Waals surface area contributed by atoms with Gasteiger partial charge in [0, 0.05) is 5.56 Å². The summed E-state index contributed by atoms with van der Waals surface area (Å²) in [6, 6.07) is 3.83. The van der Waals surface area contributed by atoms with E-state index in [1.54, 1.807) is 6.07 Å². The van der Waals surface area contributed by atoms with Crippen LogP contribution in [0.4, 0.5) is 0 Å². The van der Waals surface area contributed by atoms with E-state index in [1.165, 1.54) is 31.9 Å². The highest BCUT2D eigenvalue weighted by atomic mass is 16.5. The Labute approximate surface area is 102 Å². The number of ether oxygens (including phenoxy) is 1. The third-order valence-electron chi connectivity index (χ3n) is 3.50. The van der Waals surface area contributed by atoms with Crippen LogP contribution in [0.2, 0.25) is 0 Å². The molecule has 0 amide bonds. The summed E-state index contributed by atoms with van der Waals surface area (Å²) < 4.78 is 4.75. The maximum atomic E-state index is 11.6. The van der Waals surface area contributed by atoms with E-state index in [2.05, 4.69) is 5.92 Å². The normalized spacial score (nSPS) is 14.9. The van der Waals surface area contributed by atoms with Crippen LogP contribution in [0.25, 0.3) is 0 Å². The van der Waals surface area contributed by atoms with E-state index in [4.69, 9.17) is 11.2 Å². The fourth-order valence-electron chi connectivity index (χ4n) is 2.24. The van der Waals surface area contributed by atoms with E-state index in [0.29, 0.717) is 11.5 Å². The zero-order valence-electron chi connectivity index (χ0n) is 10.2. The van der Waals surface area contributed by atoms with Crippen molar-refractivity contribution in [3.8, 4) is 12.3 Å². The molecule has 0 aromatic heterocycles. The molecule has 1 saturated carbocycles. The highest BCUT2D eigenvalue weighted by Crippen LogP contribution is 2.38. The van der Waals surface area contributed by atoms with Crippen LogP contribution in [-0.4, -0.2) is 13.1 Å². The highest BCUT2D eigenvalue weighted by Gasteiger charge is 2.23. The predicted octanol–water partition coefficient (Wildman–Crippen LogP) is 3.03. The van der Waals surface area contributed by atoms with Gasteiger partial charge < -0.3 is 4.74 Å². The van der Waals surface area contributed by atoms with Crippen molar-refractivity contribution >= 4 is 5.97 Å². The summed E-state index contributed by atoms with van der Waals surface area (Å²) in [6.07, 6.45) is 9.20. The van der Waals surface area contributed by atoms with Crippen LogP contribution in [0.5, 0.6) is 0 Å². The molecule has 88 valence electrons. The van der Waals surface area contributed by atoms with Gasteiger partial charge in [-0.2, -0.15) is 0 Å². The van der Waals surface area contributed by atoms with Crippen LogP contribution in [0.1, 0.15) is 52.2 Å². The Kier molecular flexibility index (Phi) is 3.19. The molecule has 2 heteroatoms. The van der Waals surface area contributed by atoms with Crippen LogP contribution in [-0.2, 0) is 4.74 Å². The minimum Gasteiger partial charge on any atom is -0.465 e. The molecule has 0 radical (unpaired) electrons. The van der Waals surface area contributed by atoms with Gasteiger partial charge >= 0.3 is 5.97 Å². The lowest BCUT2D eigenvalue weighted by Crippen LogP contribution is -2.13. The van der Waals surface area contributed by atoms with Crippen molar-refractivity contribution in [1.29, 1.82) is 0 Å². The molecular weight excluding hydrogens is 212 g/mol. The van der Waals surface area contributed by atoms with Gasteiger partial charge in [0.25, 0.3) is 0 Å². The molecule has 1 aliphatic carbocycles. The van der Waals surface area contributed by atoms with Crippen molar-refractivity contribution in [3.05, 3.63) is 34.4 Å². The molecule has 0 saturated heterocycles. The van der Waals surface area contributed by atoms with E-state index in [-0.39, 0.29) is 5.97 Å². The largest absolute Gasteiger partial charge is 0.465 e. The van der Waals surface area contributed by atoms with Crippen molar-refractivity contribution in [2.75, 3.05) is 7.11 Å². The standard InChI is InChI=1S/C15H16O2/c1-4-11-9-13(15(16)17-3)10(2)8-14(11)12-6-5-7-12/h1,8-9,12H,5-7H2,2-3H3. The molecule has 2 nitrogen and oxygen atoms in total. The first kappa shape index (κ1) is 11.7. The monoisotopic (exact) mass is 228 g/mol. The SMILES string of the molecule is C#Cc1cc(C(=O)OC)c(C)cc1C1CCC1. The molecule has 1 aromatic rings. The topological polar surface area (TPSA) is 26.3 Å². The maximum absolute atomic E-state index is 11.6. The second-order valence-corrected chi connectivity index (χ2v) is 4.52. The molecule has 0 aliphatic heterocycles. The van der Waals surface area contributed by atoms with Gasteiger partial charge in [0.05, 0.1) is 12.7 Å². The van der Waals surface area contributed by atoms with Crippen LogP contribution in [0, 0.1) is 19.3 Å². The Morgan fingerprint density at radius 1 is 1.47 bits per heavy atom. The van der Waals surface area contributed by atoms with E-state index in [1.807, 2.05) is 13.0 Å². The first-order valence-electron chi connectivity index (χ1n) is 5.87. The van der Waals surface area contributed by atoms with E-state index >= 15 is 0 Å². The molecule has 0 unspecified atom stereocenters. The van der Waals surface area contributed by atoms with E-state index in [0.717, 1.165) is 11.1 Å².